The number of ether oxygens (including phenoxy) is 1. The van der Waals surface area contributed by atoms with Crippen molar-refractivity contribution >= 4 is 41.2 Å². The SMILES string of the molecule is CC[C@@H]1C(=N)N(C=N)c2cnc(Nc3ccc(C(=O)NC)cc3COC)nc2N1C1CCCC1. The van der Waals surface area contributed by atoms with Crippen LogP contribution in [-0.4, -0.2) is 54.3 Å². The number of fused-ring (bicyclic) bond motifs is 1. The Labute approximate surface area is 199 Å². The minimum atomic E-state index is -0.166. The average Bonchev–Trinajstić information content (AvgIpc) is 3.38. The molecule has 1 aliphatic heterocycles. The Morgan fingerprint density at radius 3 is 2.74 bits per heavy atom. The Morgan fingerprint density at radius 1 is 1.32 bits per heavy atom. The van der Waals surface area contributed by atoms with E-state index in [4.69, 9.17) is 20.5 Å². The molecule has 2 heterocycles. The first-order valence-corrected chi connectivity index (χ1v) is 11.7. The van der Waals surface area contributed by atoms with Crippen LogP contribution in [0.4, 0.5) is 23.1 Å². The molecule has 10 nitrogen and oxygen atoms in total. The molecule has 1 saturated carbocycles. The number of rotatable bonds is 8. The first-order valence-electron chi connectivity index (χ1n) is 11.7. The molecule has 1 aromatic heterocycles. The highest BCUT2D eigenvalue weighted by atomic mass is 16.5. The highest BCUT2D eigenvalue weighted by Crippen LogP contribution is 2.40. The zero-order valence-electron chi connectivity index (χ0n) is 19.9. The van der Waals surface area contributed by atoms with Gasteiger partial charge in [0.25, 0.3) is 5.91 Å². The number of methoxy groups -OCH3 is 1. The second-order valence-electron chi connectivity index (χ2n) is 8.57. The van der Waals surface area contributed by atoms with E-state index in [2.05, 4.69) is 27.4 Å². The smallest absolute Gasteiger partial charge is 0.251 e. The van der Waals surface area contributed by atoms with Crippen molar-refractivity contribution < 1.29 is 9.53 Å². The summed E-state index contributed by atoms with van der Waals surface area (Å²) >= 11 is 0. The van der Waals surface area contributed by atoms with E-state index in [9.17, 15) is 4.79 Å². The predicted octanol–water partition coefficient (Wildman–Crippen LogP) is 3.66. The average molecular weight is 465 g/mol. The standard InChI is InChI=1S/C24H32N8O2/c1-4-19-21(26)31(14-25)20-12-28-24(30-22(20)32(19)17-7-5-6-8-17)29-18-10-9-15(23(33)27-2)11-16(18)13-34-3/h9-12,14,17,19,25-26H,4-8,13H2,1-3H3,(H,27,33)(H,28,29,30)/t19-/m1/s1. The second-order valence-corrected chi connectivity index (χ2v) is 8.57. The van der Waals surface area contributed by atoms with Gasteiger partial charge in [0.05, 0.1) is 25.2 Å². The molecule has 1 aliphatic carbocycles. The van der Waals surface area contributed by atoms with Crippen molar-refractivity contribution in [1.29, 1.82) is 10.8 Å². The van der Waals surface area contributed by atoms with Crippen LogP contribution < -0.4 is 20.4 Å². The monoisotopic (exact) mass is 464 g/mol. The summed E-state index contributed by atoms with van der Waals surface area (Å²) < 4.78 is 5.34. The molecule has 180 valence electrons. The summed E-state index contributed by atoms with van der Waals surface area (Å²) in [5, 5.41) is 22.5. The molecule has 2 aromatic rings. The number of carbonyl (C=O) groups excluding carboxylic acids is 1. The number of hydrogen-bond donors (Lipinski definition) is 4. The van der Waals surface area contributed by atoms with Gasteiger partial charge in [-0.1, -0.05) is 19.8 Å². The summed E-state index contributed by atoms with van der Waals surface area (Å²) in [5.74, 6) is 1.38. The lowest BCUT2D eigenvalue weighted by Gasteiger charge is -2.44. The normalized spacial score (nSPS) is 18.1. The third-order valence-electron chi connectivity index (χ3n) is 6.54. The van der Waals surface area contributed by atoms with Crippen molar-refractivity contribution in [3.8, 4) is 0 Å². The van der Waals surface area contributed by atoms with E-state index in [0.29, 0.717) is 35.7 Å². The third-order valence-corrected chi connectivity index (χ3v) is 6.54. The summed E-state index contributed by atoms with van der Waals surface area (Å²) in [4.78, 5) is 25.3. The number of anilines is 4. The van der Waals surface area contributed by atoms with Gasteiger partial charge in [-0.3, -0.25) is 20.5 Å². The number of amidine groups is 1. The summed E-state index contributed by atoms with van der Waals surface area (Å²) in [6, 6.07) is 5.53. The summed E-state index contributed by atoms with van der Waals surface area (Å²) in [7, 11) is 3.21. The van der Waals surface area contributed by atoms with Gasteiger partial charge in [0.2, 0.25) is 5.95 Å². The van der Waals surface area contributed by atoms with E-state index in [0.717, 1.165) is 36.3 Å². The van der Waals surface area contributed by atoms with Gasteiger partial charge in [0, 0.05) is 37.0 Å². The fraction of sp³-hybridized carbons (Fsp3) is 0.458. The maximum atomic E-state index is 12.1. The van der Waals surface area contributed by atoms with Crippen molar-refractivity contribution in [2.45, 2.75) is 57.7 Å². The number of benzene rings is 1. The molecule has 34 heavy (non-hydrogen) atoms. The molecule has 1 atom stereocenters. The van der Waals surface area contributed by atoms with Gasteiger partial charge in [0.1, 0.15) is 11.5 Å². The van der Waals surface area contributed by atoms with E-state index in [1.807, 2.05) is 6.07 Å². The first kappa shape index (κ1) is 23.6. The zero-order valence-corrected chi connectivity index (χ0v) is 19.9. The molecule has 0 unspecified atom stereocenters. The van der Waals surface area contributed by atoms with Crippen LogP contribution in [0.3, 0.4) is 0 Å². The lowest BCUT2D eigenvalue weighted by atomic mass is 10.0. The number of amides is 1. The fourth-order valence-corrected chi connectivity index (χ4v) is 4.89. The Morgan fingerprint density at radius 2 is 2.09 bits per heavy atom. The largest absolute Gasteiger partial charge is 0.380 e. The van der Waals surface area contributed by atoms with Gasteiger partial charge < -0.3 is 20.3 Å². The van der Waals surface area contributed by atoms with Gasteiger partial charge in [-0.2, -0.15) is 4.98 Å². The van der Waals surface area contributed by atoms with E-state index in [1.54, 1.807) is 37.4 Å². The Bertz CT molecular complexity index is 1080. The van der Waals surface area contributed by atoms with Crippen molar-refractivity contribution in [2.24, 2.45) is 0 Å². The first-order chi connectivity index (χ1) is 16.5. The molecule has 0 spiro atoms. The highest BCUT2D eigenvalue weighted by molar-refractivity contribution is 6.16. The molecule has 2 aliphatic rings. The van der Waals surface area contributed by atoms with Crippen LogP contribution in [-0.2, 0) is 11.3 Å². The number of nitrogens with one attached hydrogen (secondary N) is 4. The predicted molar refractivity (Wildman–Crippen MR) is 134 cm³/mol. The van der Waals surface area contributed by atoms with Gasteiger partial charge >= 0.3 is 0 Å². The van der Waals surface area contributed by atoms with Gasteiger partial charge in [-0.25, -0.2) is 4.98 Å². The summed E-state index contributed by atoms with van der Waals surface area (Å²) in [6.45, 7) is 2.39. The van der Waals surface area contributed by atoms with E-state index < -0.39 is 0 Å². The van der Waals surface area contributed by atoms with Crippen LogP contribution in [0.25, 0.3) is 0 Å². The van der Waals surface area contributed by atoms with Crippen molar-refractivity contribution in [3.05, 3.63) is 35.5 Å². The molecule has 4 rings (SSSR count). The third kappa shape index (κ3) is 4.33. The molecule has 4 N–H and O–H groups in total. The molecule has 1 amide bonds. The van der Waals surface area contributed by atoms with Crippen molar-refractivity contribution in [1.82, 2.24) is 15.3 Å². The van der Waals surface area contributed by atoms with E-state index in [1.165, 1.54) is 19.2 Å². The van der Waals surface area contributed by atoms with Crippen LogP contribution in [0.2, 0.25) is 0 Å². The minimum Gasteiger partial charge on any atom is -0.380 e. The maximum absolute atomic E-state index is 12.1. The highest BCUT2D eigenvalue weighted by Gasteiger charge is 2.40. The molecule has 1 fully saturated rings. The van der Waals surface area contributed by atoms with Crippen molar-refractivity contribution in [2.75, 3.05) is 29.3 Å². The topological polar surface area (TPSA) is 130 Å². The molecule has 0 radical (unpaired) electrons. The molecule has 10 heteroatoms. The number of nitrogens with zero attached hydrogens (tertiary/aromatic N) is 4. The number of aromatic nitrogens is 2. The minimum absolute atomic E-state index is 0.143. The molecular weight excluding hydrogens is 432 g/mol. The van der Waals surface area contributed by atoms with Gasteiger partial charge in [-0.05, 0) is 37.5 Å². The molecular formula is C24H32N8O2. The van der Waals surface area contributed by atoms with Crippen molar-refractivity contribution in [3.63, 3.8) is 0 Å². The van der Waals surface area contributed by atoms with Gasteiger partial charge in [-0.15, -0.1) is 0 Å². The molecule has 0 bridgehead atoms. The Kier molecular flexibility index (Phi) is 7.06. The van der Waals surface area contributed by atoms with Crippen LogP contribution in [0.1, 0.15) is 54.9 Å². The second kappa shape index (κ2) is 10.2. The Hall–Kier alpha value is -3.53. The number of hydrogen-bond acceptors (Lipinski definition) is 8. The summed E-state index contributed by atoms with van der Waals surface area (Å²) in [5.41, 5.74) is 2.76. The Balaban J connectivity index is 1.73. The van der Waals surface area contributed by atoms with Crippen LogP contribution in [0, 0.1) is 10.8 Å². The quantitative estimate of drug-likeness (QED) is 0.346. The van der Waals surface area contributed by atoms with Crippen LogP contribution in [0.15, 0.2) is 24.4 Å². The molecule has 1 aromatic carbocycles. The lowest BCUT2D eigenvalue weighted by molar-refractivity contribution is 0.0963. The van der Waals surface area contributed by atoms with Crippen LogP contribution in [0.5, 0.6) is 0 Å². The zero-order chi connectivity index (χ0) is 24.2. The van der Waals surface area contributed by atoms with Gasteiger partial charge in [0.15, 0.2) is 5.82 Å². The molecule has 0 saturated heterocycles. The maximum Gasteiger partial charge on any atom is 0.251 e. The van der Waals surface area contributed by atoms with E-state index in [-0.39, 0.29) is 11.9 Å². The lowest BCUT2D eigenvalue weighted by Crippen LogP contribution is -2.56. The summed E-state index contributed by atoms with van der Waals surface area (Å²) in [6.07, 6.45) is 8.07. The fourth-order valence-electron chi connectivity index (χ4n) is 4.89. The van der Waals surface area contributed by atoms with E-state index >= 15 is 0 Å². The van der Waals surface area contributed by atoms with Crippen LogP contribution >= 0.6 is 0 Å². The number of carbonyl (C=O) groups is 1.